The standard InChI is InChI=1S/C22H33N5O/c1-3-23-22(25-13-11-21(28)27-14-6-7-17(2)16-27)24-12-10-18-15-26-20-9-5-4-8-19(18)20/h4-5,8-9,15,17,26H,3,6-7,10-14,16H2,1-2H3,(H2,23,24,25). The lowest BCUT2D eigenvalue weighted by Crippen LogP contribution is -2.40. The van der Waals surface area contributed by atoms with E-state index in [2.05, 4.69) is 58.9 Å². The summed E-state index contributed by atoms with van der Waals surface area (Å²) in [5.74, 6) is 1.62. The van der Waals surface area contributed by atoms with Crippen LogP contribution in [0.3, 0.4) is 0 Å². The highest BCUT2D eigenvalue weighted by Crippen LogP contribution is 2.18. The molecule has 1 amide bonds. The Morgan fingerprint density at radius 3 is 3.00 bits per heavy atom. The van der Waals surface area contributed by atoms with Crippen molar-refractivity contribution >= 4 is 22.8 Å². The van der Waals surface area contributed by atoms with Crippen molar-refractivity contribution in [2.24, 2.45) is 10.9 Å². The van der Waals surface area contributed by atoms with Gasteiger partial charge in [0.25, 0.3) is 0 Å². The zero-order chi connectivity index (χ0) is 19.8. The molecule has 1 fully saturated rings. The van der Waals surface area contributed by atoms with E-state index in [-0.39, 0.29) is 5.91 Å². The Balaban J connectivity index is 1.46. The van der Waals surface area contributed by atoms with Crippen molar-refractivity contribution in [3.8, 4) is 0 Å². The van der Waals surface area contributed by atoms with Gasteiger partial charge in [-0.2, -0.15) is 0 Å². The maximum atomic E-state index is 12.4. The summed E-state index contributed by atoms with van der Waals surface area (Å²) in [5.41, 5.74) is 2.47. The molecule has 3 rings (SSSR count). The normalized spacial score (nSPS) is 17.7. The quantitative estimate of drug-likeness (QED) is 0.508. The van der Waals surface area contributed by atoms with E-state index >= 15 is 0 Å². The van der Waals surface area contributed by atoms with Crippen molar-refractivity contribution in [2.45, 2.75) is 39.5 Å². The van der Waals surface area contributed by atoms with Gasteiger partial charge < -0.3 is 20.5 Å². The maximum absolute atomic E-state index is 12.4. The molecule has 1 atom stereocenters. The van der Waals surface area contributed by atoms with Crippen LogP contribution in [-0.2, 0) is 11.2 Å². The van der Waals surface area contributed by atoms with Crippen molar-refractivity contribution in [1.29, 1.82) is 0 Å². The number of guanidine groups is 1. The Hall–Kier alpha value is -2.50. The summed E-state index contributed by atoms with van der Waals surface area (Å²) in [4.78, 5) is 22.3. The van der Waals surface area contributed by atoms with E-state index in [1.807, 2.05) is 11.0 Å². The molecule has 2 aromatic rings. The van der Waals surface area contributed by atoms with Crippen molar-refractivity contribution in [3.63, 3.8) is 0 Å². The Morgan fingerprint density at radius 2 is 2.18 bits per heavy atom. The van der Waals surface area contributed by atoms with Gasteiger partial charge >= 0.3 is 0 Å². The van der Waals surface area contributed by atoms with Crippen LogP contribution < -0.4 is 10.6 Å². The van der Waals surface area contributed by atoms with E-state index in [4.69, 9.17) is 0 Å². The first-order valence-corrected chi connectivity index (χ1v) is 10.5. The smallest absolute Gasteiger partial charge is 0.224 e. The molecular formula is C22H33N5O. The molecule has 1 aromatic heterocycles. The molecule has 6 heteroatoms. The molecule has 0 saturated carbocycles. The van der Waals surface area contributed by atoms with Gasteiger partial charge in [0.15, 0.2) is 5.96 Å². The van der Waals surface area contributed by atoms with Crippen LogP contribution in [0.5, 0.6) is 0 Å². The molecule has 0 spiro atoms. The topological polar surface area (TPSA) is 72.5 Å². The fraction of sp³-hybridized carbons (Fsp3) is 0.545. The van der Waals surface area contributed by atoms with E-state index in [1.165, 1.54) is 22.9 Å². The number of aromatic nitrogens is 1. The van der Waals surface area contributed by atoms with Gasteiger partial charge in [0.05, 0.1) is 6.54 Å². The van der Waals surface area contributed by atoms with E-state index in [1.54, 1.807) is 0 Å². The minimum atomic E-state index is 0.227. The van der Waals surface area contributed by atoms with Crippen LogP contribution in [0.2, 0.25) is 0 Å². The van der Waals surface area contributed by atoms with Crippen molar-refractivity contribution < 1.29 is 4.79 Å². The van der Waals surface area contributed by atoms with Crippen LogP contribution in [0.15, 0.2) is 35.5 Å². The first kappa shape index (κ1) is 20.2. The van der Waals surface area contributed by atoms with Gasteiger partial charge in [-0.1, -0.05) is 25.1 Å². The van der Waals surface area contributed by atoms with Gasteiger partial charge in [-0.3, -0.25) is 9.79 Å². The summed E-state index contributed by atoms with van der Waals surface area (Å²) in [6.45, 7) is 8.19. The number of hydrogen-bond donors (Lipinski definition) is 3. The average molecular weight is 384 g/mol. The molecule has 152 valence electrons. The molecule has 0 radical (unpaired) electrons. The number of nitrogens with one attached hydrogen (secondary N) is 3. The summed E-state index contributed by atoms with van der Waals surface area (Å²) >= 11 is 0. The number of hydrogen-bond acceptors (Lipinski definition) is 2. The number of carbonyl (C=O) groups excluding carboxylic acids is 1. The molecule has 6 nitrogen and oxygen atoms in total. The molecular weight excluding hydrogens is 350 g/mol. The number of para-hydroxylation sites is 1. The molecule has 2 heterocycles. The Kier molecular flexibility index (Phi) is 7.34. The SMILES string of the molecule is CCNC(=NCCC(=O)N1CCCC(C)C1)NCCc1c[nH]c2ccccc12. The fourth-order valence-corrected chi connectivity index (χ4v) is 3.83. The lowest BCUT2D eigenvalue weighted by molar-refractivity contribution is -0.132. The minimum Gasteiger partial charge on any atom is -0.361 e. The lowest BCUT2D eigenvalue weighted by Gasteiger charge is -2.30. The third-order valence-electron chi connectivity index (χ3n) is 5.31. The molecule has 1 saturated heterocycles. The average Bonchev–Trinajstić information content (AvgIpc) is 3.11. The fourth-order valence-electron chi connectivity index (χ4n) is 3.83. The zero-order valence-corrected chi connectivity index (χ0v) is 17.1. The number of carbonyl (C=O) groups is 1. The van der Waals surface area contributed by atoms with E-state index in [9.17, 15) is 4.79 Å². The number of fused-ring (bicyclic) bond motifs is 1. The molecule has 1 aromatic carbocycles. The van der Waals surface area contributed by atoms with Gasteiger partial charge in [-0.05, 0) is 43.7 Å². The highest BCUT2D eigenvalue weighted by atomic mass is 16.2. The first-order valence-electron chi connectivity index (χ1n) is 10.5. The van der Waals surface area contributed by atoms with Crippen molar-refractivity contribution in [2.75, 3.05) is 32.7 Å². The number of rotatable bonds is 7. The summed E-state index contributed by atoms with van der Waals surface area (Å²) in [6.07, 6.45) is 5.82. The van der Waals surface area contributed by atoms with Crippen LogP contribution in [-0.4, -0.2) is 54.5 Å². The Bertz CT molecular complexity index is 797. The van der Waals surface area contributed by atoms with E-state index in [0.717, 1.165) is 45.0 Å². The number of nitrogens with zero attached hydrogens (tertiary/aromatic N) is 2. The van der Waals surface area contributed by atoms with Gasteiger partial charge in [0, 0.05) is 49.7 Å². The van der Waals surface area contributed by atoms with Gasteiger partial charge in [0.1, 0.15) is 0 Å². The van der Waals surface area contributed by atoms with E-state index < -0.39 is 0 Å². The number of H-pyrrole nitrogens is 1. The molecule has 1 aliphatic rings. The molecule has 0 aliphatic carbocycles. The largest absolute Gasteiger partial charge is 0.361 e. The van der Waals surface area contributed by atoms with Gasteiger partial charge in [-0.25, -0.2) is 0 Å². The number of likely N-dealkylation sites (tertiary alicyclic amines) is 1. The van der Waals surface area contributed by atoms with Crippen LogP contribution in [0, 0.1) is 5.92 Å². The number of benzene rings is 1. The van der Waals surface area contributed by atoms with E-state index in [0.29, 0.717) is 18.9 Å². The number of aliphatic imine (C=N–C) groups is 1. The number of piperidine rings is 1. The van der Waals surface area contributed by atoms with Crippen molar-refractivity contribution in [3.05, 3.63) is 36.0 Å². The van der Waals surface area contributed by atoms with Crippen molar-refractivity contribution in [1.82, 2.24) is 20.5 Å². The summed E-state index contributed by atoms with van der Waals surface area (Å²) in [5, 5.41) is 7.92. The highest BCUT2D eigenvalue weighted by molar-refractivity contribution is 5.83. The summed E-state index contributed by atoms with van der Waals surface area (Å²) in [7, 11) is 0. The number of amides is 1. The monoisotopic (exact) mass is 383 g/mol. The minimum absolute atomic E-state index is 0.227. The highest BCUT2D eigenvalue weighted by Gasteiger charge is 2.20. The molecule has 1 unspecified atom stereocenters. The predicted molar refractivity (Wildman–Crippen MR) is 116 cm³/mol. The van der Waals surface area contributed by atoms with Gasteiger partial charge in [0.2, 0.25) is 5.91 Å². The molecule has 28 heavy (non-hydrogen) atoms. The maximum Gasteiger partial charge on any atom is 0.224 e. The van der Waals surface area contributed by atoms with Gasteiger partial charge in [-0.15, -0.1) is 0 Å². The first-order chi connectivity index (χ1) is 13.7. The Morgan fingerprint density at radius 1 is 1.32 bits per heavy atom. The second-order valence-corrected chi connectivity index (χ2v) is 7.63. The second-order valence-electron chi connectivity index (χ2n) is 7.63. The van der Waals surface area contributed by atoms with Crippen LogP contribution in [0.25, 0.3) is 10.9 Å². The molecule has 1 aliphatic heterocycles. The molecule has 0 bridgehead atoms. The third-order valence-corrected chi connectivity index (χ3v) is 5.31. The van der Waals surface area contributed by atoms with Crippen LogP contribution in [0.4, 0.5) is 0 Å². The zero-order valence-electron chi connectivity index (χ0n) is 17.1. The second kappa shape index (κ2) is 10.2. The third kappa shape index (κ3) is 5.50. The summed E-state index contributed by atoms with van der Waals surface area (Å²) < 4.78 is 0. The van der Waals surface area contributed by atoms with Crippen LogP contribution in [0.1, 0.15) is 38.7 Å². The molecule has 3 N–H and O–H groups in total. The van der Waals surface area contributed by atoms with Crippen LogP contribution >= 0.6 is 0 Å². The number of aromatic amines is 1. The lowest BCUT2D eigenvalue weighted by atomic mass is 10.00. The summed E-state index contributed by atoms with van der Waals surface area (Å²) in [6, 6.07) is 8.35. The predicted octanol–water partition coefficient (Wildman–Crippen LogP) is 2.91. The Labute approximate surface area is 167 Å².